The molecule has 19 heavy (non-hydrogen) atoms. The van der Waals surface area contributed by atoms with Gasteiger partial charge in [0.2, 0.25) is 0 Å². The van der Waals surface area contributed by atoms with Gasteiger partial charge in [-0.05, 0) is 35.8 Å². The van der Waals surface area contributed by atoms with Gasteiger partial charge in [-0.2, -0.15) is 0 Å². The minimum atomic E-state index is -4.34. The molecule has 0 saturated carbocycles. The van der Waals surface area contributed by atoms with Crippen molar-refractivity contribution in [3.8, 4) is 0 Å². The molecule has 2 N–H and O–H groups in total. The zero-order chi connectivity index (χ0) is 14.5. The molecule has 0 radical (unpaired) electrons. The first-order chi connectivity index (χ1) is 8.76. The van der Waals surface area contributed by atoms with Crippen molar-refractivity contribution in [3.63, 3.8) is 0 Å². The van der Waals surface area contributed by atoms with Crippen molar-refractivity contribution in [2.75, 3.05) is 6.61 Å². The molecule has 0 aliphatic rings. The standard InChI is InChI=1S/C14H23O4P/c1-4-14(2,3)13-10-6-5-8-12(13)9-7-11-18-19(15,16)17/h5-6,8,10H,4,7,9,11H2,1-3H3,(H2,15,16,17). The first-order valence-corrected chi connectivity index (χ1v) is 8.08. The number of hydrogen-bond donors (Lipinski definition) is 2. The van der Waals surface area contributed by atoms with Gasteiger partial charge in [0.15, 0.2) is 0 Å². The second-order valence-corrected chi connectivity index (χ2v) is 6.56. The molecule has 0 heterocycles. The maximum atomic E-state index is 10.6. The Morgan fingerprint density at radius 1 is 1.26 bits per heavy atom. The van der Waals surface area contributed by atoms with Gasteiger partial charge in [0.05, 0.1) is 6.61 Å². The summed E-state index contributed by atoms with van der Waals surface area (Å²) in [6.07, 6.45) is 2.41. The van der Waals surface area contributed by atoms with E-state index in [4.69, 9.17) is 9.79 Å². The third-order valence-corrected chi connectivity index (χ3v) is 4.00. The summed E-state index contributed by atoms with van der Waals surface area (Å²) in [5, 5.41) is 0. The molecule has 5 heteroatoms. The SMILES string of the molecule is CCC(C)(C)c1ccccc1CCCOP(=O)(O)O. The van der Waals surface area contributed by atoms with Crippen LogP contribution in [-0.4, -0.2) is 16.4 Å². The summed E-state index contributed by atoms with van der Waals surface area (Å²) < 4.78 is 15.1. The molecule has 0 atom stereocenters. The molecule has 0 saturated heterocycles. The Labute approximate surface area is 115 Å². The van der Waals surface area contributed by atoms with Crippen LogP contribution in [0.1, 0.15) is 44.7 Å². The fourth-order valence-electron chi connectivity index (χ4n) is 2.04. The molecule has 1 aromatic carbocycles. The van der Waals surface area contributed by atoms with Crippen molar-refractivity contribution in [2.45, 2.75) is 45.4 Å². The van der Waals surface area contributed by atoms with E-state index >= 15 is 0 Å². The van der Waals surface area contributed by atoms with Crippen LogP contribution >= 0.6 is 7.82 Å². The van der Waals surface area contributed by atoms with Crippen LogP contribution in [0.5, 0.6) is 0 Å². The predicted octanol–water partition coefficient (Wildman–Crippen LogP) is 3.42. The summed E-state index contributed by atoms with van der Waals surface area (Å²) >= 11 is 0. The normalized spacial score (nSPS) is 12.7. The summed E-state index contributed by atoms with van der Waals surface area (Å²) in [7, 11) is -4.34. The van der Waals surface area contributed by atoms with Crippen LogP contribution in [0, 0.1) is 0 Å². The Morgan fingerprint density at radius 3 is 2.47 bits per heavy atom. The molecule has 4 nitrogen and oxygen atoms in total. The lowest BCUT2D eigenvalue weighted by atomic mass is 9.79. The van der Waals surface area contributed by atoms with E-state index in [1.807, 2.05) is 12.1 Å². The fraction of sp³-hybridized carbons (Fsp3) is 0.571. The van der Waals surface area contributed by atoms with Gasteiger partial charge >= 0.3 is 7.82 Å². The highest BCUT2D eigenvalue weighted by atomic mass is 31.2. The summed E-state index contributed by atoms with van der Waals surface area (Å²) in [6, 6.07) is 8.23. The third-order valence-electron chi connectivity index (χ3n) is 3.48. The van der Waals surface area contributed by atoms with E-state index in [1.54, 1.807) is 0 Å². The molecular weight excluding hydrogens is 263 g/mol. The highest BCUT2D eigenvalue weighted by Gasteiger charge is 2.21. The molecule has 108 valence electrons. The number of phosphoric ester groups is 1. The lowest BCUT2D eigenvalue weighted by Crippen LogP contribution is -2.18. The molecule has 0 aliphatic heterocycles. The molecule has 0 fully saturated rings. The monoisotopic (exact) mass is 286 g/mol. The van der Waals surface area contributed by atoms with E-state index in [9.17, 15) is 4.57 Å². The van der Waals surface area contributed by atoms with Crippen molar-refractivity contribution in [3.05, 3.63) is 35.4 Å². The van der Waals surface area contributed by atoms with Crippen LogP contribution in [0.4, 0.5) is 0 Å². The Balaban J connectivity index is 2.67. The van der Waals surface area contributed by atoms with Crippen LogP contribution in [0.2, 0.25) is 0 Å². The van der Waals surface area contributed by atoms with E-state index in [-0.39, 0.29) is 12.0 Å². The average molecular weight is 286 g/mol. The summed E-state index contributed by atoms with van der Waals surface area (Å²) in [6.45, 7) is 6.65. The molecular formula is C14H23O4P. The van der Waals surface area contributed by atoms with Gasteiger partial charge in [0, 0.05) is 0 Å². The fourth-order valence-corrected chi connectivity index (χ4v) is 2.40. The number of phosphoric acid groups is 1. The number of benzene rings is 1. The second kappa shape index (κ2) is 6.67. The van der Waals surface area contributed by atoms with Gasteiger partial charge in [-0.3, -0.25) is 4.52 Å². The number of aryl methyl sites for hydroxylation is 1. The first kappa shape index (κ1) is 16.4. The van der Waals surface area contributed by atoms with Crippen molar-refractivity contribution < 1.29 is 18.9 Å². The van der Waals surface area contributed by atoms with Gasteiger partial charge in [0.1, 0.15) is 0 Å². The van der Waals surface area contributed by atoms with E-state index in [0.29, 0.717) is 6.42 Å². The molecule has 0 amide bonds. The predicted molar refractivity (Wildman–Crippen MR) is 76.1 cm³/mol. The third kappa shape index (κ3) is 5.45. The van der Waals surface area contributed by atoms with Gasteiger partial charge in [-0.15, -0.1) is 0 Å². The van der Waals surface area contributed by atoms with Crippen molar-refractivity contribution in [2.24, 2.45) is 0 Å². The molecule has 1 aromatic rings. The highest BCUT2D eigenvalue weighted by molar-refractivity contribution is 7.46. The van der Waals surface area contributed by atoms with E-state index in [1.165, 1.54) is 11.1 Å². The molecule has 0 aliphatic carbocycles. The van der Waals surface area contributed by atoms with Crippen molar-refractivity contribution in [1.29, 1.82) is 0 Å². The van der Waals surface area contributed by atoms with Crippen molar-refractivity contribution >= 4 is 7.82 Å². The average Bonchev–Trinajstić information content (AvgIpc) is 2.34. The zero-order valence-electron chi connectivity index (χ0n) is 11.8. The summed E-state index contributed by atoms with van der Waals surface area (Å²) in [5.74, 6) is 0. The van der Waals surface area contributed by atoms with Gasteiger partial charge in [-0.1, -0.05) is 45.0 Å². The smallest absolute Gasteiger partial charge is 0.303 e. The Hall–Kier alpha value is -0.670. The Kier molecular flexibility index (Phi) is 5.75. The summed E-state index contributed by atoms with van der Waals surface area (Å²) in [4.78, 5) is 17.3. The lowest BCUT2D eigenvalue weighted by Gasteiger charge is -2.26. The quantitative estimate of drug-likeness (QED) is 0.595. The van der Waals surface area contributed by atoms with E-state index in [2.05, 4.69) is 37.4 Å². The molecule has 0 aromatic heterocycles. The van der Waals surface area contributed by atoms with Crippen LogP contribution in [0.25, 0.3) is 0 Å². The number of rotatable bonds is 7. The Bertz CT molecular complexity index is 451. The minimum Gasteiger partial charge on any atom is -0.303 e. The minimum absolute atomic E-state index is 0.0746. The van der Waals surface area contributed by atoms with Crippen LogP contribution in [0.15, 0.2) is 24.3 Å². The maximum absolute atomic E-state index is 10.6. The van der Waals surface area contributed by atoms with E-state index in [0.717, 1.165) is 12.8 Å². The molecule has 1 rings (SSSR count). The molecule has 0 bridgehead atoms. The second-order valence-electron chi connectivity index (χ2n) is 5.32. The first-order valence-electron chi connectivity index (χ1n) is 6.55. The molecule has 0 spiro atoms. The largest absolute Gasteiger partial charge is 0.469 e. The molecule has 0 unspecified atom stereocenters. The topological polar surface area (TPSA) is 66.8 Å². The summed E-state index contributed by atoms with van der Waals surface area (Å²) in [5.41, 5.74) is 2.64. The number of hydrogen-bond acceptors (Lipinski definition) is 2. The Morgan fingerprint density at radius 2 is 1.89 bits per heavy atom. The van der Waals surface area contributed by atoms with Crippen molar-refractivity contribution in [1.82, 2.24) is 0 Å². The zero-order valence-corrected chi connectivity index (χ0v) is 12.7. The van der Waals surface area contributed by atoms with Gasteiger partial charge in [-0.25, -0.2) is 4.57 Å². The lowest BCUT2D eigenvalue weighted by molar-refractivity contribution is 0.195. The van der Waals surface area contributed by atoms with Crippen LogP contribution in [-0.2, 0) is 20.9 Å². The van der Waals surface area contributed by atoms with E-state index < -0.39 is 7.82 Å². The van der Waals surface area contributed by atoms with Crippen LogP contribution in [0.3, 0.4) is 0 Å². The van der Waals surface area contributed by atoms with Gasteiger partial charge < -0.3 is 9.79 Å². The van der Waals surface area contributed by atoms with Crippen LogP contribution < -0.4 is 0 Å². The highest BCUT2D eigenvalue weighted by Crippen LogP contribution is 2.36. The maximum Gasteiger partial charge on any atom is 0.469 e. The van der Waals surface area contributed by atoms with Gasteiger partial charge in [0.25, 0.3) is 0 Å².